The van der Waals surface area contributed by atoms with Gasteiger partial charge in [0.1, 0.15) is 6.10 Å². The predicted octanol–water partition coefficient (Wildman–Crippen LogP) is 2.98. The second-order valence-electron chi connectivity index (χ2n) is 4.80. The van der Waals surface area contributed by atoms with Gasteiger partial charge in [0.2, 0.25) is 6.79 Å². The molecule has 2 N–H and O–H groups in total. The van der Waals surface area contributed by atoms with E-state index in [9.17, 15) is 5.11 Å². The SMILES string of the molecule is OC(c1ccc2c(c1)OCO2)c1cccc2[nH]ccc12. The summed E-state index contributed by atoms with van der Waals surface area (Å²) in [5, 5.41) is 11.7. The van der Waals surface area contributed by atoms with E-state index in [1.165, 1.54) is 0 Å². The number of ether oxygens (including phenoxy) is 2. The van der Waals surface area contributed by atoms with Gasteiger partial charge in [-0.05, 0) is 35.4 Å². The minimum absolute atomic E-state index is 0.238. The number of aromatic amines is 1. The Morgan fingerprint density at radius 3 is 2.90 bits per heavy atom. The first kappa shape index (κ1) is 11.4. The Bertz CT molecular complexity index is 778. The van der Waals surface area contributed by atoms with Crippen molar-refractivity contribution in [1.82, 2.24) is 4.98 Å². The molecule has 1 aliphatic heterocycles. The highest BCUT2D eigenvalue weighted by molar-refractivity contribution is 5.83. The maximum atomic E-state index is 10.6. The fourth-order valence-electron chi connectivity index (χ4n) is 2.61. The number of aromatic nitrogens is 1. The van der Waals surface area contributed by atoms with Gasteiger partial charge in [-0.2, -0.15) is 0 Å². The van der Waals surface area contributed by atoms with Crippen LogP contribution in [0.2, 0.25) is 0 Å². The normalized spacial score (nSPS) is 14.7. The molecule has 4 heteroatoms. The van der Waals surface area contributed by atoms with Crippen molar-refractivity contribution >= 4 is 10.9 Å². The zero-order chi connectivity index (χ0) is 13.5. The van der Waals surface area contributed by atoms with Crippen molar-refractivity contribution in [3.8, 4) is 11.5 Å². The van der Waals surface area contributed by atoms with Gasteiger partial charge in [0.25, 0.3) is 0 Å². The molecular formula is C16H13NO3. The van der Waals surface area contributed by atoms with Gasteiger partial charge >= 0.3 is 0 Å². The van der Waals surface area contributed by atoms with Crippen molar-refractivity contribution in [2.75, 3.05) is 6.79 Å². The Labute approximate surface area is 115 Å². The van der Waals surface area contributed by atoms with Gasteiger partial charge in [0, 0.05) is 17.1 Å². The molecule has 1 unspecified atom stereocenters. The van der Waals surface area contributed by atoms with Crippen molar-refractivity contribution in [1.29, 1.82) is 0 Å². The van der Waals surface area contributed by atoms with E-state index >= 15 is 0 Å². The summed E-state index contributed by atoms with van der Waals surface area (Å²) in [6.45, 7) is 0.238. The molecule has 100 valence electrons. The lowest BCUT2D eigenvalue weighted by Crippen LogP contribution is -2.00. The van der Waals surface area contributed by atoms with Crippen molar-refractivity contribution in [3.05, 3.63) is 59.8 Å². The van der Waals surface area contributed by atoms with E-state index in [1.807, 2.05) is 48.7 Å². The van der Waals surface area contributed by atoms with Crippen LogP contribution in [0.3, 0.4) is 0 Å². The summed E-state index contributed by atoms with van der Waals surface area (Å²) in [5.41, 5.74) is 2.69. The highest BCUT2D eigenvalue weighted by atomic mass is 16.7. The number of hydrogen-bond acceptors (Lipinski definition) is 3. The zero-order valence-electron chi connectivity index (χ0n) is 10.7. The standard InChI is InChI=1S/C16H13NO3/c18-16(10-4-5-14-15(8-10)20-9-19-14)12-2-1-3-13-11(12)6-7-17-13/h1-8,16-18H,9H2. The van der Waals surface area contributed by atoms with Crippen LogP contribution in [0.15, 0.2) is 48.7 Å². The quantitative estimate of drug-likeness (QED) is 0.750. The molecule has 0 saturated heterocycles. The topological polar surface area (TPSA) is 54.5 Å². The molecule has 0 spiro atoms. The molecule has 0 fully saturated rings. The van der Waals surface area contributed by atoms with Crippen molar-refractivity contribution in [3.63, 3.8) is 0 Å². The second-order valence-corrected chi connectivity index (χ2v) is 4.80. The lowest BCUT2D eigenvalue weighted by Gasteiger charge is -2.13. The minimum atomic E-state index is -0.691. The smallest absolute Gasteiger partial charge is 0.231 e. The molecule has 1 aromatic heterocycles. The average molecular weight is 267 g/mol. The summed E-state index contributed by atoms with van der Waals surface area (Å²) in [5.74, 6) is 1.41. The van der Waals surface area contributed by atoms with Crippen LogP contribution in [0.1, 0.15) is 17.2 Å². The maximum Gasteiger partial charge on any atom is 0.231 e. The van der Waals surface area contributed by atoms with Crippen molar-refractivity contribution in [2.45, 2.75) is 6.10 Å². The highest BCUT2D eigenvalue weighted by Crippen LogP contribution is 2.36. The first-order chi connectivity index (χ1) is 9.83. The third-order valence-corrected chi connectivity index (χ3v) is 3.64. The van der Waals surface area contributed by atoms with Crippen LogP contribution in [0.4, 0.5) is 0 Å². The number of benzene rings is 2. The Kier molecular flexibility index (Phi) is 2.44. The fraction of sp³-hybridized carbons (Fsp3) is 0.125. The van der Waals surface area contributed by atoms with Crippen LogP contribution >= 0.6 is 0 Å². The number of fused-ring (bicyclic) bond motifs is 2. The number of aliphatic hydroxyl groups is 1. The van der Waals surface area contributed by atoms with E-state index in [-0.39, 0.29) is 6.79 Å². The third kappa shape index (κ3) is 1.66. The molecule has 0 amide bonds. The van der Waals surface area contributed by atoms with Gasteiger partial charge in [-0.15, -0.1) is 0 Å². The number of hydrogen-bond donors (Lipinski definition) is 2. The highest BCUT2D eigenvalue weighted by Gasteiger charge is 2.19. The molecule has 1 aliphatic rings. The number of H-pyrrole nitrogens is 1. The number of aliphatic hydroxyl groups excluding tert-OH is 1. The Balaban J connectivity index is 1.80. The van der Waals surface area contributed by atoms with E-state index in [2.05, 4.69) is 4.98 Å². The maximum absolute atomic E-state index is 10.6. The molecule has 0 saturated carbocycles. The van der Waals surface area contributed by atoms with Gasteiger partial charge < -0.3 is 19.6 Å². The average Bonchev–Trinajstić information content (AvgIpc) is 3.13. The minimum Gasteiger partial charge on any atom is -0.454 e. The van der Waals surface area contributed by atoms with E-state index in [0.29, 0.717) is 5.75 Å². The molecular weight excluding hydrogens is 254 g/mol. The van der Waals surface area contributed by atoms with E-state index in [1.54, 1.807) is 0 Å². The van der Waals surface area contributed by atoms with Crippen molar-refractivity contribution in [2.24, 2.45) is 0 Å². The van der Waals surface area contributed by atoms with Gasteiger partial charge in [-0.1, -0.05) is 18.2 Å². The molecule has 0 bridgehead atoms. The molecule has 4 rings (SSSR count). The lowest BCUT2D eigenvalue weighted by molar-refractivity contribution is 0.173. The summed E-state index contributed by atoms with van der Waals surface area (Å²) >= 11 is 0. The lowest BCUT2D eigenvalue weighted by atomic mass is 9.98. The molecule has 4 nitrogen and oxygen atoms in total. The van der Waals surface area contributed by atoms with E-state index in [0.717, 1.165) is 27.8 Å². The zero-order valence-corrected chi connectivity index (χ0v) is 10.7. The molecule has 0 radical (unpaired) electrons. The molecule has 20 heavy (non-hydrogen) atoms. The summed E-state index contributed by atoms with van der Waals surface area (Å²) < 4.78 is 10.6. The summed E-state index contributed by atoms with van der Waals surface area (Å²) in [6.07, 6.45) is 1.18. The van der Waals surface area contributed by atoms with Gasteiger partial charge in [-0.3, -0.25) is 0 Å². The second kappa shape index (κ2) is 4.28. The van der Waals surface area contributed by atoms with Gasteiger partial charge in [-0.25, -0.2) is 0 Å². The number of nitrogens with one attached hydrogen (secondary N) is 1. The molecule has 3 aromatic rings. The van der Waals surface area contributed by atoms with Gasteiger partial charge in [0.15, 0.2) is 11.5 Å². The molecule has 2 aromatic carbocycles. The fourth-order valence-corrected chi connectivity index (χ4v) is 2.61. The largest absolute Gasteiger partial charge is 0.454 e. The first-order valence-corrected chi connectivity index (χ1v) is 6.46. The molecule has 0 aliphatic carbocycles. The Morgan fingerprint density at radius 1 is 1.05 bits per heavy atom. The van der Waals surface area contributed by atoms with Crippen LogP contribution in [0.25, 0.3) is 10.9 Å². The van der Waals surface area contributed by atoms with E-state index in [4.69, 9.17) is 9.47 Å². The Morgan fingerprint density at radius 2 is 1.95 bits per heavy atom. The van der Waals surface area contributed by atoms with Crippen LogP contribution in [-0.4, -0.2) is 16.9 Å². The van der Waals surface area contributed by atoms with Crippen LogP contribution in [0, 0.1) is 0 Å². The predicted molar refractivity (Wildman–Crippen MR) is 74.9 cm³/mol. The third-order valence-electron chi connectivity index (χ3n) is 3.64. The summed E-state index contributed by atoms with van der Waals surface area (Å²) in [6, 6.07) is 13.4. The van der Waals surface area contributed by atoms with Crippen LogP contribution in [0.5, 0.6) is 11.5 Å². The first-order valence-electron chi connectivity index (χ1n) is 6.46. The molecule has 2 heterocycles. The molecule has 1 atom stereocenters. The van der Waals surface area contributed by atoms with Gasteiger partial charge in [0.05, 0.1) is 0 Å². The van der Waals surface area contributed by atoms with Crippen molar-refractivity contribution < 1.29 is 14.6 Å². The number of rotatable bonds is 2. The summed E-state index contributed by atoms with van der Waals surface area (Å²) in [7, 11) is 0. The monoisotopic (exact) mass is 267 g/mol. The van der Waals surface area contributed by atoms with E-state index < -0.39 is 6.10 Å². The summed E-state index contributed by atoms with van der Waals surface area (Å²) in [4.78, 5) is 3.15. The van der Waals surface area contributed by atoms with Crippen LogP contribution in [-0.2, 0) is 0 Å². The van der Waals surface area contributed by atoms with Crippen LogP contribution < -0.4 is 9.47 Å². The Hall–Kier alpha value is -2.46.